The van der Waals surface area contributed by atoms with Crippen molar-refractivity contribution in [1.82, 2.24) is 5.32 Å². The zero-order valence-corrected chi connectivity index (χ0v) is 40.2. The van der Waals surface area contributed by atoms with Crippen LogP contribution in [-0.2, 0) is 14.3 Å². The Morgan fingerprint density at radius 3 is 1.37 bits per heavy atom. The van der Waals surface area contributed by atoms with Gasteiger partial charge in [0, 0.05) is 6.42 Å². The molecule has 0 saturated heterocycles. The topological polar surface area (TPSA) is 95.9 Å². The molecule has 0 aliphatic carbocycles. The lowest BCUT2D eigenvalue weighted by atomic mass is 10.0. The van der Waals surface area contributed by atoms with E-state index in [9.17, 15) is 19.8 Å². The summed E-state index contributed by atoms with van der Waals surface area (Å²) < 4.78 is 5.78. The number of hydrogen-bond donors (Lipinski definition) is 3. The van der Waals surface area contributed by atoms with Crippen molar-refractivity contribution in [2.75, 3.05) is 6.61 Å². The minimum absolute atomic E-state index is 0.0743. The molecule has 0 aromatic rings. The Bertz CT molecular complexity index is 1240. The van der Waals surface area contributed by atoms with E-state index in [2.05, 4.69) is 105 Å². The molecular formula is C56H95NO5. The van der Waals surface area contributed by atoms with Gasteiger partial charge in [-0.05, 0) is 76.7 Å². The summed E-state index contributed by atoms with van der Waals surface area (Å²) in [6, 6.07) is -0.758. The molecule has 354 valence electrons. The van der Waals surface area contributed by atoms with Gasteiger partial charge in [0.2, 0.25) is 5.91 Å². The van der Waals surface area contributed by atoms with Gasteiger partial charge in [0.05, 0.1) is 25.2 Å². The number of nitrogens with one attached hydrogen (secondary N) is 1. The number of rotatable bonds is 44. The summed E-state index contributed by atoms with van der Waals surface area (Å²) in [5, 5.41) is 23.7. The summed E-state index contributed by atoms with van der Waals surface area (Å²) >= 11 is 0. The predicted molar refractivity (Wildman–Crippen MR) is 268 cm³/mol. The van der Waals surface area contributed by atoms with Gasteiger partial charge in [0.15, 0.2) is 0 Å². The third-order valence-electron chi connectivity index (χ3n) is 10.9. The molecule has 6 nitrogen and oxygen atoms in total. The summed E-state index contributed by atoms with van der Waals surface area (Å²) in [4.78, 5) is 26.0. The van der Waals surface area contributed by atoms with E-state index in [0.29, 0.717) is 19.3 Å². The fourth-order valence-electron chi connectivity index (χ4n) is 7.07. The van der Waals surface area contributed by atoms with Crippen LogP contribution in [-0.4, -0.2) is 46.9 Å². The zero-order chi connectivity index (χ0) is 45.2. The molecule has 1 amide bonds. The molecule has 0 aliphatic heterocycles. The van der Waals surface area contributed by atoms with Crippen LogP contribution in [0.4, 0.5) is 0 Å². The first-order chi connectivity index (χ1) is 30.5. The minimum atomic E-state index is -0.833. The Balaban J connectivity index is 4.86. The molecule has 0 aromatic heterocycles. The van der Waals surface area contributed by atoms with E-state index in [1.807, 2.05) is 12.2 Å². The highest BCUT2D eigenvalue weighted by atomic mass is 16.5. The Morgan fingerprint density at radius 2 is 0.903 bits per heavy atom. The Kier molecular flexibility index (Phi) is 46.3. The van der Waals surface area contributed by atoms with E-state index in [4.69, 9.17) is 4.74 Å². The largest absolute Gasteiger partial charge is 0.458 e. The summed E-state index contributed by atoms with van der Waals surface area (Å²) in [6.45, 7) is 6.30. The van der Waals surface area contributed by atoms with Gasteiger partial charge in [-0.25, -0.2) is 0 Å². The maximum absolute atomic E-state index is 13.2. The standard InChI is InChI=1S/C56H95NO5/c1-4-7-10-13-16-19-22-25-26-27-28-31-32-35-38-41-44-47-52(62-56(61)49-46-43-40-37-34-30-24-21-18-15-12-9-6-3)50-55(60)57-53(51-58)54(59)48-45-42-39-36-33-29-23-20-17-14-11-8-5-2/h7,10,16,19,25-26,28,30-31,34-35,38,40,43-44,47,52-54,58-59H,4-6,8-9,11-15,17-18,20-24,27,29,32-33,36-37,39,41-42,45-46,48-51H2,1-3H3,(H,57,60)/b10-7-,19-16-,26-25-,31-28-,34-30-,38-35-,43-40+,47-44-. The first-order valence-corrected chi connectivity index (χ1v) is 25.5. The minimum Gasteiger partial charge on any atom is -0.458 e. The molecule has 0 rings (SSSR count). The second kappa shape index (κ2) is 48.8. The van der Waals surface area contributed by atoms with E-state index in [0.717, 1.165) is 64.2 Å². The number of carbonyl (C=O) groups excluding carboxylic acids is 2. The average Bonchev–Trinajstić information content (AvgIpc) is 3.26. The first-order valence-electron chi connectivity index (χ1n) is 25.5. The van der Waals surface area contributed by atoms with Crippen LogP contribution in [0.5, 0.6) is 0 Å². The maximum Gasteiger partial charge on any atom is 0.306 e. The van der Waals surface area contributed by atoms with Gasteiger partial charge in [-0.3, -0.25) is 9.59 Å². The van der Waals surface area contributed by atoms with Crippen molar-refractivity contribution in [3.05, 3.63) is 97.2 Å². The lowest BCUT2D eigenvalue weighted by Crippen LogP contribution is -2.46. The molecule has 0 spiro atoms. The maximum atomic E-state index is 13.2. The number of esters is 1. The highest BCUT2D eigenvalue weighted by molar-refractivity contribution is 5.78. The van der Waals surface area contributed by atoms with E-state index in [1.165, 1.54) is 103 Å². The van der Waals surface area contributed by atoms with Crippen molar-refractivity contribution in [3.8, 4) is 0 Å². The molecule has 0 aliphatic rings. The zero-order valence-electron chi connectivity index (χ0n) is 40.2. The fraction of sp³-hybridized carbons (Fsp3) is 0.679. The summed E-state index contributed by atoms with van der Waals surface area (Å²) in [6.07, 6.45) is 65.0. The number of hydrogen-bond acceptors (Lipinski definition) is 5. The van der Waals surface area contributed by atoms with Gasteiger partial charge in [0.1, 0.15) is 6.10 Å². The third kappa shape index (κ3) is 43.4. The van der Waals surface area contributed by atoms with Gasteiger partial charge in [-0.2, -0.15) is 0 Å². The number of unbranched alkanes of at least 4 members (excludes halogenated alkanes) is 18. The molecule has 0 bridgehead atoms. The van der Waals surface area contributed by atoms with Crippen LogP contribution in [0.15, 0.2) is 97.2 Å². The highest BCUT2D eigenvalue weighted by Gasteiger charge is 2.23. The van der Waals surface area contributed by atoms with Gasteiger partial charge < -0.3 is 20.3 Å². The van der Waals surface area contributed by atoms with Gasteiger partial charge >= 0.3 is 5.97 Å². The fourth-order valence-corrected chi connectivity index (χ4v) is 7.07. The third-order valence-corrected chi connectivity index (χ3v) is 10.9. The van der Waals surface area contributed by atoms with E-state index in [-0.39, 0.29) is 31.3 Å². The molecule has 0 saturated carbocycles. The highest BCUT2D eigenvalue weighted by Crippen LogP contribution is 2.15. The van der Waals surface area contributed by atoms with Crippen LogP contribution in [0.3, 0.4) is 0 Å². The molecule has 0 fully saturated rings. The molecule has 3 unspecified atom stereocenters. The molecule has 3 atom stereocenters. The van der Waals surface area contributed by atoms with Gasteiger partial charge in [0.25, 0.3) is 0 Å². The second-order valence-corrected chi connectivity index (χ2v) is 16.8. The van der Waals surface area contributed by atoms with Crippen molar-refractivity contribution in [2.45, 2.75) is 238 Å². The Hall–Kier alpha value is -3.22. The number of allylic oxidation sites excluding steroid dienone is 15. The second-order valence-electron chi connectivity index (χ2n) is 16.8. The van der Waals surface area contributed by atoms with Crippen molar-refractivity contribution in [2.24, 2.45) is 0 Å². The van der Waals surface area contributed by atoms with Crippen molar-refractivity contribution in [3.63, 3.8) is 0 Å². The number of aliphatic hydroxyl groups excluding tert-OH is 2. The summed E-state index contributed by atoms with van der Waals surface area (Å²) in [7, 11) is 0. The SMILES string of the molecule is CC/C=C\C/C=C\C/C=C\C/C=C\C/C=C\C/C=C\C(CC(=O)NC(CO)C(O)CCCCCCCCCCCCCCC)OC(=O)CC/C=C/C/C=C\CCCCCCCC. The lowest BCUT2D eigenvalue weighted by Gasteiger charge is -2.23. The predicted octanol–water partition coefficient (Wildman–Crippen LogP) is 15.3. The number of ether oxygens (including phenoxy) is 1. The quantitative estimate of drug-likeness (QED) is 0.0322. The van der Waals surface area contributed by atoms with Crippen LogP contribution >= 0.6 is 0 Å². The van der Waals surface area contributed by atoms with Crippen LogP contribution in [0.2, 0.25) is 0 Å². The van der Waals surface area contributed by atoms with Crippen molar-refractivity contribution < 1.29 is 24.5 Å². The summed E-state index contributed by atoms with van der Waals surface area (Å²) in [5.74, 6) is -0.717. The number of carbonyl (C=O) groups is 2. The monoisotopic (exact) mass is 862 g/mol. The van der Waals surface area contributed by atoms with Crippen molar-refractivity contribution >= 4 is 11.9 Å². The molecule has 0 aromatic carbocycles. The first kappa shape index (κ1) is 58.8. The van der Waals surface area contributed by atoms with E-state index >= 15 is 0 Å². The summed E-state index contributed by atoms with van der Waals surface area (Å²) in [5.41, 5.74) is 0. The van der Waals surface area contributed by atoms with Crippen LogP contribution < -0.4 is 5.32 Å². The van der Waals surface area contributed by atoms with Gasteiger partial charge in [-0.1, -0.05) is 227 Å². The van der Waals surface area contributed by atoms with Gasteiger partial charge in [-0.15, -0.1) is 0 Å². The molecule has 0 heterocycles. The number of amides is 1. The van der Waals surface area contributed by atoms with Crippen LogP contribution in [0.1, 0.15) is 220 Å². The Morgan fingerprint density at radius 1 is 0.500 bits per heavy atom. The molecular weight excluding hydrogens is 767 g/mol. The molecule has 0 radical (unpaired) electrons. The number of aliphatic hydroxyl groups is 2. The van der Waals surface area contributed by atoms with E-state index in [1.54, 1.807) is 6.08 Å². The molecule has 6 heteroatoms. The molecule has 62 heavy (non-hydrogen) atoms. The van der Waals surface area contributed by atoms with Crippen LogP contribution in [0.25, 0.3) is 0 Å². The average molecular weight is 862 g/mol. The lowest BCUT2D eigenvalue weighted by molar-refractivity contribution is -0.148. The smallest absolute Gasteiger partial charge is 0.306 e. The molecule has 3 N–H and O–H groups in total. The normalized spacial score (nSPS) is 14.1. The van der Waals surface area contributed by atoms with E-state index < -0.39 is 18.2 Å². The Labute approximate surface area is 382 Å². The van der Waals surface area contributed by atoms with Crippen LogP contribution in [0, 0.1) is 0 Å². The van der Waals surface area contributed by atoms with Crippen molar-refractivity contribution in [1.29, 1.82) is 0 Å².